The fourth-order valence-electron chi connectivity index (χ4n) is 4.50. The van der Waals surface area contributed by atoms with E-state index in [9.17, 15) is 4.79 Å². The molecule has 4 heteroatoms. The maximum Gasteiger partial charge on any atom is 0.323 e. The number of rotatable bonds is 19. The topological polar surface area (TPSA) is 68.1 Å². The largest absolute Gasteiger partial charge is 0.465 e. The molecule has 0 amide bonds. The molecule has 0 aliphatic rings. The fraction of sp³-hybridized carbons (Fsp3) is 0.690. The van der Waals surface area contributed by atoms with Crippen LogP contribution in [-0.2, 0) is 16.0 Å². The highest BCUT2D eigenvalue weighted by molar-refractivity contribution is 5.84. The average Bonchev–Trinajstić information content (AvgIpc) is 3.21. The van der Waals surface area contributed by atoms with Crippen molar-refractivity contribution in [1.29, 1.82) is 0 Å². The zero-order valence-electron chi connectivity index (χ0n) is 21.2. The van der Waals surface area contributed by atoms with E-state index in [1.54, 1.807) is 0 Å². The van der Waals surface area contributed by atoms with Crippen molar-refractivity contribution >= 4 is 16.9 Å². The van der Waals surface area contributed by atoms with Gasteiger partial charge in [-0.1, -0.05) is 116 Å². The predicted octanol–water partition coefficient (Wildman–Crippen LogP) is 7.70. The van der Waals surface area contributed by atoms with E-state index in [1.165, 1.54) is 77.0 Å². The van der Waals surface area contributed by atoms with Crippen molar-refractivity contribution in [3.63, 3.8) is 0 Å². The second-order valence-electron chi connectivity index (χ2n) is 10.1. The van der Waals surface area contributed by atoms with Gasteiger partial charge in [0.25, 0.3) is 0 Å². The van der Waals surface area contributed by atoms with Gasteiger partial charge in [0.1, 0.15) is 6.04 Å². The molecule has 0 bridgehead atoms. The minimum atomic E-state index is -0.607. The van der Waals surface area contributed by atoms with Gasteiger partial charge in [0.05, 0.1) is 6.61 Å². The van der Waals surface area contributed by atoms with Gasteiger partial charge in [-0.2, -0.15) is 0 Å². The van der Waals surface area contributed by atoms with Gasteiger partial charge in [-0.25, -0.2) is 0 Å². The summed E-state index contributed by atoms with van der Waals surface area (Å²) >= 11 is 0. The molecule has 1 heterocycles. The van der Waals surface area contributed by atoms with E-state index in [0.717, 1.165) is 35.2 Å². The number of benzene rings is 1. The Morgan fingerprint density at radius 3 is 2.00 bits per heavy atom. The monoisotopic (exact) mass is 456 g/mol. The first kappa shape index (κ1) is 27.4. The summed E-state index contributed by atoms with van der Waals surface area (Å²) in [5.41, 5.74) is 8.22. The van der Waals surface area contributed by atoms with Crippen molar-refractivity contribution in [3.05, 3.63) is 36.0 Å². The highest BCUT2D eigenvalue weighted by Gasteiger charge is 2.17. The van der Waals surface area contributed by atoms with Gasteiger partial charge in [-0.3, -0.25) is 4.79 Å². The lowest BCUT2D eigenvalue weighted by atomic mass is 10.0. The Morgan fingerprint density at radius 1 is 0.848 bits per heavy atom. The molecule has 0 fully saturated rings. The summed E-state index contributed by atoms with van der Waals surface area (Å²) in [5.74, 6) is 0.570. The molecule has 0 aliphatic heterocycles. The van der Waals surface area contributed by atoms with Gasteiger partial charge in [-0.15, -0.1) is 0 Å². The van der Waals surface area contributed by atoms with Crippen molar-refractivity contribution in [2.75, 3.05) is 6.61 Å². The molecule has 0 spiro atoms. The lowest BCUT2D eigenvalue weighted by Crippen LogP contribution is -2.34. The summed E-state index contributed by atoms with van der Waals surface area (Å²) in [5, 5.41) is 1.12. The first-order valence-corrected chi connectivity index (χ1v) is 13.5. The van der Waals surface area contributed by atoms with Crippen LogP contribution in [-0.4, -0.2) is 23.6 Å². The maximum atomic E-state index is 12.2. The number of H-pyrrole nitrogens is 1. The van der Waals surface area contributed by atoms with E-state index in [0.29, 0.717) is 13.0 Å². The number of carbonyl (C=O) groups excluding carboxylic acids is 1. The van der Waals surface area contributed by atoms with E-state index in [4.69, 9.17) is 10.5 Å². The molecular weight excluding hydrogens is 408 g/mol. The van der Waals surface area contributed by atoms with Crippen LogP contribution >= 0.6 is 0 Å². The van der Waals surface area contributed by atoms with Crippen LogP contribution in [0.4, 0.5) is 0 Å². The normalized spacial score (nSPS) is 12.5. The third-order valence-corrected chi connectivity index (χ3v) is 6.59. The number of fused-ring (bicyclic) bond motifs is 1. The summed E-state index contributed by atoms with van der Waals surface area (Å²) in [6.07, 6.45) is 21.0. The van der Waals surface area contributed by atoms with Crippen LogP contribution in [0.15, 0.2) is 30.5 Å². The number of hydrogen-bond donors (Lipinski definition) is 2. The number of nitrogens with two attached hydrogens (primary N) is 1. The van der Waals surface area contributed by atoms with Gasteiger partial charge in [-0.05, 0) is 24.0 Å². The number of para-hydroxylation sites is 1. The van der Waals surface area contributed by atoms with Gasteiger partial charge < -0.3 is 15.5 Å². The van der Waals surface area contributed by atoms with E-state index in [1.807, 2.05) is 24.4 Å². The minimum absolute atomic E-state index is 0.291. The Hall–Kier alpha value is -1.81. The molecule has 2 aromatic rings. The van der Waals surface area contributed by atoms with Gasteiger partial charge in [0.2, 0.25) is 0 Å². The Kier molecular flexibility index (Phi) is 13.9. The highest BCUT2D eigenvalue weighted by atomic mass is 16.5. The molecule has 1 aromatic heterocycles. The maximum absolute atomic E-state index is 12.2. The first-order valence-electron chi connectivity index (χ1n) is 13.5. The highest BCUT2D eigenvalue weighted by Crippen LogP contribution is 2.19. The molecule has 186 valence electrons. The molecule has 0 unspecified atom stereocenters. The molecule has 33 heavy (non-hydrogen) atoms. The van der Waals surface area contributed by atoms with Crippen LogP contribution in [0.2, 0.25) is 0 Å². The molecule has 1 aromatic carbocycles. The van der Waals surface area contributed by atoms with Gasteiger partial charge in [0, 0.05) is 23.5 Å². The van der Waals surface area contributed by atoms with E-state index < -0.39 is 6.04 Å². The number of hydrogen-bond acceptors (Lipinski definition) is 3. The van der Waals surface area contributed by atoms with Crippen LogP contribution in [0.1, 0.15) is 109 Å². The number of aromatic amines is 1. The number of nitrogens with one attached hydrogen (secondary N) is 1. The van der Waals surface area contributed by atoms with Crippen molar-refractivity contribution in [2.45, 2.75) is 116 Å². The summed E-state index contributed by atoms with van der Waals surface area (Å²) < 4.78 is 5.41. The SMILES string of the molecule is CC(C)CCCCCCCCCCCCCCCOC(=O)[C@@H](N)Cc1c[nH]c2ccccc12. The van der Waals surface area contributed by atoms with Crippen LogP contribution in [0.25, 0.3) is 10.9 Å². The number of aromatic nitrogens is 1. The molecule has 3 N–H and O–H groups in total. The van der Waals surface area contributed by atoms with E-state index >= 15 is 0 Å². The summed E-state index contributed by atoms with van der Waals surface area (Å²) in [7, 11) is 0. The van der Waals surface area contributed by atoms with E-state index in [2.05, 4.69) is 24.9 Å². The van der Waals surface area contributed by atoms with Crippen molar-refractivity contribution in [3.8, 4) is 0 Å². The van der Waals surface area contributed by atoms with Crippen LogP contribution in [0.3, 0.4) is 0 Å². The lowest BCUT2D eigenvalue weighted by molar-refractivity contribution is -0.145. The molecule has 2 rings (SSSR count). The summed E-state index contributed by atoms with van der Waals surface area (Å²) in [6, 6.07) is 7.47. The standard InChI is InChI=1S/C29H48N2O2/c1-24(2)18-14-12-10-8-6-4-3-5-7-9-11-13-17-21-33-29(32)27(30)22-25-23-31-28-20-16-15-19-26(25)28/h15-16,19-20,23-24,27,31H,3-14,17-18,21-22,30H2,1-2H3/t27-/m0/s1. The van der Waals surface area contributed by atoms with Crippen LogP contribution < -0.4 is 5.73 Å². The Bertz CT molecular complexity index is 768. The van der Waals surface area contributed by atoms with E-state index in [-0.39, 0.29) is 5.97 Å². The third kappa shape index (κ3) is 11.7. The third-order valence-electron chi connectivity index (χ3n) is 6.59. The Labute approximate surface area is 202 Å². The number of unbranched alkanes of at least 4 members (excludes halogenated alkanes) is 12. The number of carbonyl (C=O) groups is 1. The zero-order valence-corrected chi connectivity index (χ0v) is 21.2. The summed E-state index contributed by atoms with van der Waals surface area (Å²) in [4.78, 5) is 15.4. The molecule has 0 aliphatic carbocycles. The number of esters is 1. The molecule has 0 saturated carbocycles. The number of ether oxygens (including phenoxy) is 1. The quantitative estimate of drug-likeness (QED) is 0.168. The van der Waals surface area contributed by atoms with Crippen LogP contribution in [0, 0.1) is 5.92 Å². The first-order chi connectivity index (χ1) is 16.1. The summed E-state index contributed by atoms with van der Waals surface area (Å²) in [6.45, 7) is 5.12. The molecule has 4 nitrogen and oxygen atoms in total. The van der Waals surface area contributed by atoms with Gasteiger partial charge in [0.15, 0.2) is 0 Å². The smallest absolute Gasteiger partial charge is 0.323 e. The van der Waals surface area contributed by atoms with Gasteiger partial charge >= 0.3 is 5.97 Å². The predicted molar refractivity (Wildman–Crippen MR) is 140 cm³/mol. The molecule has 1 atom stereocenters. The second kappa shape index (κ2) is 16.7. The van der Waals surface area contributed by atoms with Crippen molar-refractivity contribution in [2.24, 2.45) is 11.7 Å². The average molecular weight is 457 g/mol. The zero-order chi connectivity index (χ0) is 23.7. The van der Waals surface area contributed by atoms with Crippen LogP contribution in [0.5, 0.6) is 0 Å². The van der Waals surface area contributed by atoms with Crippen molar-refractivity contribution in [1.82, 2.24) is 4.98 Å². The Balaban J connectivity index is 1.37. The molecular formula is C29H48N2O2. The minimum Gasteiger partial charge on any atom is -0.465 e. The lowest BCUT2D eigenvalue weighted by Gasteiger charge is -2.11. The Morgan fingerprint density at radius 2 is 1.39 bits per heavy atom. The second-order valence-corrected chi connectivity index (χ2v) is 10.1. The van der Waals surface area contributed by atoms with Crippen molar-refractivity contribution < 1.29 is 9.53 Å². The molecule has 0 saturated heterocycles. The fourth-order valence-corrected chi connectivity index (χ4v) is 4.50. The molecule has 0 radical (unpaired) electrons.